The molecule has 0 aliphatic carbocycles. The Morgan fingerprint density at radius 2 is 1.22 bits per heavy atom. The molecule has 5 atom stereocenters. The van der Waals surface area contributed by atoms with E-state index in [9.17, 15) is 25.2 Å². The van der Waals surface area contributed by atoms with Crippen LogP contribution >= 0.6 is 0 Å². The molecule has 1 rings (SSSR count). The highest BCUT2D eigenvalue weighted by Gasteiger charge is 2.57. The van der Waals surface area contributed by atoms with Crippen molar-refractivity contribution in [3.8, 4) is 0 Å². The Morgan fingerprint density at radius 3 is 1.62 bits per heavy atom. The Balaban J connectivity index is 2.13. The van der Waals surface area contributed by atoms with Gasteiger partial charge in [0.1, 0.15) is 18.3 Å². The second-order valence-corrected chi connectivity index (χ2v) is 9.32. The largest absolute Gasteiger partial charge is 0.393 e. The van der Waals surface area contributed by atoms with Crippen LogP contribution in [0.3, 0.4) is 0 Å². The summed E-state index contributed by atoms with van der Waals surface area (Å²) in [5, 5.41) is 40.0. The zero-order valence-corrected chi connectivity index (χ0v) is 20.3. The van der Waals surface area contributed by atoms with Gasteiger partial charge in [0.15, 0.2) is 17.7 Å². The van der Waals surface area contributed by atoms with E-state index in [4.69, 9.17) is 9.47 Å². The summed E-state index contributed by atoms with van der Waals surface area (Å²) in [6.07, 6.45) is 12.4. The quantitative estimate of drug-likeness (QED) is 0.217. The van der Waals surface area contributed by atoms with Crippen molar-refractivity contribution in [1.82, 2.24) is 0 Å². The molecule has 1 fully saturated rings. The molecule has 1 heterocycles. The zero-order valence-electron chi connectivity index (χ0n) is 20.3. The summed E-state index contributed by atoms with van der Waals surface area (Å²) in [5.74, 6) is -0.477. The lowest BCUT2D eigenvalue weighted by atomic mass is 9.82. The molecule has 7 heteroatoms. The van der Waals surface area contributed by atoms with E-state index in [2.05, 4.69) is 6.92 Å². The maximum Gasteiger partial charge on any atom is 0.187 e. The van der Waals surface area contributed by atoms with E-state index in [1.807, 2.05) is 0 Å². The number of hydrogen-bond donors (Lipinski definition) is 4. The lowest BCUT2D eigenvalue weighted by Crippen LogP contribution is -2.69. The molecule has 0 aromatic carbocycles. The first-order chi connectivity index (χ1) is 15.4. The van der Waals surface area contributed by atoms with Crippen LogP contribution in [0.25, 0.3) is 0 Å². The van der Waals surface area contributed by atoms with Gasteiger partial charge in [-0.05, 0) is 6.42 Å². The molecular formula is C25H48O7. The van der Waals surface area contributed by atoms with E-state index < -0.39 is 42.6 Å². The average molecular weight is 461 g/mol. The topological polar surface area (TPSA) is 116 Å². The fourth-order valence-electron chi connectivity index (χ4n) is 4.48. The third kappa shape index (κ3) is 9.35. The Morgan fingerprint density at radius 1 is 0.781 bits per heavy atom. The molecule has 190 valence electrons. The lowest BCUT2D eigenvalue weighted by Gasteiger charge is -2.46. The van der Waals surface area contributed by atoms with E-state index in [1.54, 1.807) is 0 Å². The summed E-state index contributed by atoms with van der Waals surface area (Å²) in [5.41, 5.74) is -1.96. The number of ketones is 1. The van der Waals surface area contributed by atoms with Crippen molar-refractivity contribution in [2.75, 3.05) is 13.7 Å². The molecule has 0 bridgehead atoms. The molecule has 0 spiro atoms. The number of hydrogen-bond acceptors (Lipinski definition) is 7. The van der Waals surface area contributed by atoms with Gasteiger partial charge in [0, 0.05) is 13.5 Å². The SMILES string of the molecule is CCCCCCCCCCCCCCCCCC(=O)C1(CO)O[C@H](OC)[C@@H](O)[C@H](O)[C@H]1O. The summed E-state index contributed by atoms with van der Waals surface area (Å²) < 4.78 is 10.4. The van der Waals surface area contributed by atoms with E-state index in [0.717, 1.165) is 19.3 Å². The van der Waals surface area contributed by atoms with Gasteiger partial charge in [0.2, 0.25) is 0 Å². The summed E-state index contributed by atoms with van der Waals surface area (Å²) in [6, 6.07) is 0. The minimum atomic E-state index is -1.96. The van der Waals surface area contributed by atoms with Crippen molar-refractivity contribution >= 4 is 5.78 Å². The molecule has 4 N–H and O–H groups in total. The van der Waals surface area contributed by atoms with Crippen molar-refractivity contribution in [1.29, 1.82) is 0 Å². The average Bonchev–Trinajstić information content (AvgIpc) is 2.80. The number of methoxy groups -OCH3 is 1. The number of carbonyl (C=O) groups excluding carboxylic acids is 1. The molecule has 0 aromatic heterocycles. The van der Waals surface area contributed by atoms with Crippen molar-refractivity contribution < 1.29 is 34.7 Å². The number of carbonyl (C=O) groups is 1. The van der Waals surface area contributed by atoms with Crippen molar-refractivity contribution in [3.63, 3.8) is 0 Å². The van der Waals surface area contributed by atoms with Gasteiger partial charge in [-0.25, -0.2) is 0 Å². The molecular weight excluding hydrogens is 412 g/mol. The van der Waals surface area contributed by atoms with Gasteiger partial charge in [-0.2, -0.15) is 0 Å². The Labute approximate surface area is 194 Å². The van der Waals surface area contributed by atoms with Gasteiger partial charge in [0.25, 0.3) is 0 Å². The van der Waals surface area contributed by atoms with Crippen molar-refractivity contribution in [3.05, 3.63) is 0 Å². The first-order valence-electron chi connectivity index (χ1n) is 12.8. The van der Waals surface area contributed by atoms with Crippen molar-refractivity contribution in [2.24, 2.45) is 0 Å². The Hall–Kier alpha value is -0.570. The van der Waals surface area contributed by atoms with E-state index in [-0.39, 0.29) is 6.42 Å². The van der Waals surface area contributed by atoms with E-state index in [1.165, 1.54) is 77.7 Å². The highest BCUT2D eigenvalue weighted by atomic mass is 16.7. The third-order valence-corrected chi connectivity index (χ3v) is 6.70. The van der Waals surface area contributed by atoms with Gasteiger partial charge in [-0.3, -0.25) is 4.79 Å². The highest BCUT2D eigenvalue weighted by molar-refractivity contribution is 5.88. The third-order valence-electron chi connectivity index (χ3n) is 6.70. The second kappa shape index (κ2) is 17.0. The van der Waals surface area contributed by atoms with Crippen LogP contribution in [0.15, 0.2) is 0 Å². The van der Waals surface area contributed by atoms with Crippen LogP contribution in [0.1, 0.15) is 110 Å². The lowest BCUT2D eigenvalue weighted by molar-refractivity contribution is -0.321. The van der Waals surface area contributed by atoms with Gasteiger partial charge in [-0.15, -0.1) is 0 Å². The molecule has 1 unspecified atom stereocenters. The minimum Gasteiger partial charge on any atom is -0.393 e. The molecule has 0 amide bonds. The maximum atomic E-state index is 12.7. The standard InChI is InChI=1S/C25H48O7/c1-3-4-5-6-7-8-9-10-11-12-13-14-15-16-17-18-20(27)25(19-26)23(30)21(28)22(29)24(31-2)32-25/h21-24,26,28-30H,3-19H2,1-2H3/t21-,22-,23+,24-,25?/m0/s1. The Bertz CT molecular complexity index is 485. The number of ether oxygens (including phenoxy) is 2. The van der Waals surface area contributed by atoms with Crippen LogP contribution in [0.5, 0.6) is 0 Å². The number of rotatable bonds is 19. The fraction of sp³-hybridized carbons (Fsp3) is 0.960. The number of aliphatic hydroxyl groups excluding tert-OH is 4. The predicted molar refractivity (Wildman–Crippen MR) is 124 cm³/mol. The van der Waals surface area contributed by atoms with Gasteiger partial charge < -0.3 is 29.9 Å². The van der Waals surface area contributed by atoms with Crippen molar-refractivity contribution in [2.45, 2.75) is 140 Å². The van der Waals surface area contributed by atoms with Crippen LogP contribution in [-0.4, -0.2) is 70.1 Å². The first-order valence-corrected chi connectivity index (χ1v) is 12.8. The molecule has 1 aliphatic heterocycles. The smallest absolute Gasteiger partial charge is 0.187 e. The molecule has 0 aromatic rings. The zero-order chi connectivity index (χ0) is 23.8. The Kier molecular flexibility index (Phi) is 15.6. The predicted octanol–water partition coefficient (Wildman–Crippen LogP) is 3.63. The number of Topliss-reactive ketones (excluding diaryl/α,β-unsaturated/α-hetero) is 1. The van der Waals surface area contributed by atoms with Crippen LogP contribution in [0.4, 0.5) is 0 Å². The van der Waals surface area contributed by atoms with Crippen LogP contribution in [0, 0.1) is 0 Å². The number of unbranched alkanes of at least 4 members (excludes halogenated alkanes) is 14. The maximum absolute atomic E-state index is 12.7. The molecule has 1 aliphatic rings. The summed E-state index contributed by atoms with van der Waals surface area (Å²) in [6.45, 7) is 1.47. The molecule has 0 radical (unpaired) electrons. The van der Waals surface area contributed by atoms with Crippen LogP contribution in [0.2, 0.25) is 0 Å². The van der Waals surface area contributed by atoms with Gasteiger partial charge in [0.05, 0.1) is 6.61 Å². The summed E-state index contributed by atoms with van der Waals surface area (Å²) in [4.78, 5) is 12.7. The fourth-order valence-corrected chi connectivity index (χ4v) is 4.48. The van der Waals surface area contributed by atoms with Gasteiger partial charge >= 0.3 is 0 Å². The molecule has 1 saturated heterocycles. The van der Waals surface area contributed by atoms with E-state index in [0.29, 0.717) is 6.42 Å². The normalized spacial score (nSPS) is 28.2. The second-order valence-electron chi connectivity index (χ2n) is 9.32. The van der Waals surface area contributed by atoms with Crippen LogP contribution < -0.4 is 0 Å². The summed E-state index contributed by atoms with van der Waals surface area (Å²) >= 11 is 0. The molecule has 0 saturated carbocycles. The molecule has 32 heavy (non-hydrogen) atoms. The first kappa shape index (κ1) is 29.5. The minimum absolute atomic E-state index is 0.134. The summed E-state index contributed by atoms with van der Waals surface area (Å²) in [7, 11) is 1.26. The van der Waals surface area contributed by atoms with Gasteiger partial charge in [-0.1, -0.05) is 96.8 Å². The van der Waals surface area contributed by atoms with Crippen LogP contribution in [-0.2, 0) is 14.3 Å². The highest BCUT2D eigenvalue weighted by Crippen LogP contribution is 2.32. The van der Waals surface area contributed by atoms with E-state index >= 15 is 0 Å². The monoisotopic (exact) mass is 460 g/mol. The molecule has 7 nitrogen and oxygen atoms in total. The number of aliphatic hydroxyl groups is 4.